The molecule has 182 valence electrons. The summed E-state index contributed by atoms with van der Waals surface area (Å²) >= 11 is 0. The minimum absolute atomic E-state index is 0. The van der Waals surface area contributed by atoms with Gasteiger partial charge in [-0.3, -0.25) is 4.90 Å². The fourth-order valence-corrected chi connectivity index (χ4v) is 4.22. The van der Waals surface area contributed by atoms with E-state index in [2.05, 4.69) is 61.4 Å². The van der Waals surface area contributed by atoms with Gasteiger partial charge in [-0.2, -0.15) is 0 Å². The van der Waals surface area contributed by atoms with Crippen molar-refractivity contribution in [2.45, 2.75) is 52.8 Å². The molecule has 0 aliphatic carbocycles. The third-order valence-electron chi connectivity index (χ3n) is 5.84. The van der Waals surface area contributed by atoms with E-state index in [0.717, 1.165) is 76.3 Å². The Bertz CT molecular complexity index is 704. The lowest BCUT2D eigenvalue weighted by molar-refractivity contribution is 0.00246. The Morgan fingerprint density at radius 2 is 1.97 bits per heavy atom. The van der Waals surface area contributed by atoms with E-state index in [4.69, 9.17) is 19.2 Å². The molecule has 2 aliphatic heterocycles. The molecule has 0 radical (unpaired) electrons. The molecule has 32 heavy (non-hydrogen) atoms. The Hall–Kier alpha value is -1.10. The maximum absolute atomic E-state index is 6.02. The molecule has 2 aliphatic rings. The lowest BCUT2D eigenvalue weighted by Gasteiger charge is -2.37. The van der Waals surface area contributed by atoms with Crippen LogP contribution in [0.25, 0.3) is 0 Å². The molecule has 2 atom stereocenters. The molecule has 2 unspecified atom stereocenters. The van der Waals surface area contributed by atoms with Crippen LogP contribution in [0.5, 0.6) is 5.75 Å². The molecule has 0 aromatic heterocycles. The first kappa shape index (κ1) is 27.1. The van der Waals surface area contributed by atoms with Crippen LogP contribution in [0.2, 0.25) is 0 Å². The number of hydrogen-bond donors (Lipinski definition) is 2. The topological polar surface area (TPSA) is 67.4 Å². The monoisotopic (exact) mass is 560 g/mol. The highest BCUT2D eigenvalue weighted by Gasteiger charge is 2.31. The number of morpholine rings is 1. The molecule has 2 heterocycles. The Morgan fingerprint density at radius 3 is 2.62 bits per heavy atom. The molecule has 0 spiro atoms. The van der Waals surface area contributed by atoms with E-state index >= 15 is 0 Å². The van der Waals surface area contributed by atoms with Crippen molar-refractivity contribution in [1.82, 2.24) is 15.5 Å². The van der Waals surface area contributed by atoms with Gasteiger partial charge in [-0.05, 0) is 45.7 Å². The minimum atomic E-state index is 0. The zero-order valence-corrected chi connectivity index (χ0v) is 22.4. The molecule has 7 nitrogen and oxygen atoms in total. The van der Waals surface area contributed by atoms with Crippen LogP contribution in [0.4, 0.5) is 0 Å². The van der Waals surface area contributed by atoms with Crippen LogP contribution in [0.1, 0.15) is 38.3 Å². The van der Waals surface area contributed by atoms with E-state index in [0.29, 0.717) is 18.5 Å². The van der Waals surface area contributed by atoms with Gasteiger partial charge < -0.3 is 24.8 Å². The summed E-state index contributed by atoms with van der Waals surface area (Å²) in [6, 6.07) is 6.76. The second-order valence-electron chi connectivity index (χ2n) is 8.69. The molecule has 1 aromatic carbocycles. The number of hydrogen-bond acceptors (Lipinski definition) is 5. The van der Waals surface area contributed by atoms with Crippen molar-refractivity contribution in [1.29, 1.82) is 0 Å². The third kappa shape index (κ3) is 8.35. The molecular formula is C24H41IN4O3. The first-order valence-electron chi connectivity index (χ1n) is 11.7. The number of benzene rings is 1. The van der Waals surface area contributed by atoms with E-state index in [1.165, 1.54) is 5.56 Å². The predicted molar refractivity (Wildman–Crippen MR) is 140 cm³/mol. The van der Waals surface area contributed by atoms with Crippen LogP contribution in [0.3, 0.4) is 0 Å². The Kier molecular flexibility index (Phi) is 12.1. The lowest BCUT2D eigenvalue weighted by Crippen LogP contribution is -2.53. The van der Waals surface area contributed by atoms with Gasteiger partial charge in [0.2, 0.25) is 0 Å². The van der Waals surface area contributed by atoms with Gasteiger partial charge in [0, 0.05) is 50.3 Å². The molecular weight excluding hydrogens is 519 g/mol. The number of rotatable bonds is 9. The summed E-state index contributed by atoms with van der Waals surface area (Å²) in [5.41, 5.74) is 2.30. The molecule has 1 aromatic rings. The Labute approximate surface area is 210 Å². The summed E-state index contributed by atoms with van der Waals surface area (Å²) in [7, 11) is 0. The van der Waals surface area contributed by atoms with E-state index in [-0.39, 0.29) is 30.1 Å². The molecule has 3 rings (SSSR count). The van der Waals surface area contributed by atoms with E-state index in [1.54, 1.807) is 0 Å². The Morgan fingerprint density at radius 1 is 1.19 bits per heavy atom. The second kappa shape index (κ2) is 14.2. The molecule has 2 N–H and O–H groups in total. The van der Waals surface area contributed by atoms with Crippen LogP contribution < -0.4 is 15.4 Å². The quantitative estimate of drug-likeness (QED) is 0.275. The van der Waals surface area contributed by atoms with Crippen molar-refractivity contribution in [3.05, 3.63) is 29.3 Å². The van der Waals surface area contributed by atoms with Crippen LogP contribution in [0.15, 0.2) is 23.2 Å². The number of nitrogens with one attached hydrogen (secondary N) is 2. The van der Waals surface area contributed by atoms with Crippen LogP contribution in [-0.2, 0) is 16.0 Å². The van der Waals surface area contributed by atoms with Gasteiger partial charge in [0.25, 0.3) is 0 Å². The lowest BCUT2D eigenvalue weighted by atomic mass is 9.97. The SMILES string of the molecule is CCNC(=NCc1ccc(C)cc1OC(C)C)NCC(C1CCOC1)N1CCOCC1.I. The zero-order valence-electron chi connectivity index (χ0n) is 20.1. The fraction of sp³-hybridized carbons (Fsp3) is 0.708. The molecule has 0 saturated carbocycles. The highest BCUT2D eigenvalue weighted by atomic mass is 127. The fourth-order valence-electron chi connectivity index (χ4n) is 4.22. The smallest absolute Gasteiger partial charge is 0.191 e. The van der Waals surface area contributed by atoms with Crippen molar-refractivity contribution in [2.24, 2.45) is 10.9 Å². The maximum atomic E-state index is 6.02. The zero-order chi connectivity index (χ0) is 22.1. The second-order valence-corrected chi connectivity index (χ2v) is 8.69. The van der Waals surface area contributed by atoms with Gasteiger partial charge in [0.15, 0.2) is 5.96 Å². The standard InChI is InChI=1S/C24H40N4O3.HI/c1-5-25-24(26-15-20-7-6-19(4)14-23(20)31-18(2)3)27-16-22(21-8-11-30-17-21)28-9-12-29-13-10-28;/h6-7,14,18,21-22H,5,8-13,15-17H2,1-4H3,(H2,25,26,27);1H. The first-order valence-corrected chi connectivity index (χ1v) is 11.7. The number of guanidine groups is 1. The number of ether oxygens (including phenoxy) is 3. The van der Waals surface area contributed by atoms with Gasteiger partial charge in [0.05, 0.1) is 32.5 Å². The third-order valence-corrected chi connectivity index (χ3v) is 5.84. The molecule has 0 bridgehead atoms. The molecule has 8 heteroatoms. The summed E-state index contributed by atoms with van der Waals surface area (Å²) in [6.07, 6.45) is 1.26. The van der Waals surface area contributed by atoms with E-state index in [1.807, 2.05) is 0 Å². The Balaban J connectivity index is 0.00000363. The molecule has 2 saturated heterocycles. The summed E-state index contributed by atoms with van der Waals surface area (Å²) in [4.78, 5) is 7.41. The first-order chi connectivity index (χ1) is 15.1. The molecule has 2 fully saturated rings. The van der Waals surface area contributed by atoms with Crippen molar-refractivity contribution in [3.8, 4) is 5.75 Å². The summed E-state index contributed by atoms with van der Waals surface area (Å²) in [5.74, 6) is 2.32. The average Bonchev–Trinajstić information content (AvgIpc) is 3.28. The largest absolute Gasteiger partial charge is 0.491 e. The van der Waals surface area contributed by atoms with Gasteiger partial charge >= 0.3 is 0 Å². The highest BCUT2D eigenvalue weighted by Crippen LogP contribution is 2.23. The van der Waals surface area contributed by atoms with Crippen molar-refractivity contribution in [3.63, 3.8) is 0 Å². The van der Waals surface area contributed by atoms with E-state index < -0.39 is 0 Å². The van der Waals surface area contributed by atoms with Gasteiger partial charge in [0.1, 0.15) is 5.75 Å². The number of halogens is 1. The van der Waals surface area contributed by atoms with Gasteiger partial charge in [-0.15, -0.1) is 24.0 Å². The maximum Gasteiger partial charge on any atom is 0.191 e. The minimum Gasteiger partial charge on any atom is -0.491 e. The van der Waals surface area contributed by atoms with Crippen molar-refractivity contribution < 1.29 is 14.2 Å². The normalized spacial score (nSPS) is 20.7. The molecule has 0 amide bonds. The van der Waals surface area contributed by atoms with Crippen LogP contribution >= 0.6 is 24.0 Å². The predicted octanol–water partition coefficient (Wildman–Crippen LogP) is 3.19. The number of aliphatic imine (C=N–C) groups is 1. The van der Waals surface area contributed by atoms with E-state index in [9.17, 15) is 0 Å². The number of aryl methyl sites for hydroxylation is 1. The van der Waals surface area contributed by atoms with Crippen LogP contribution in [0, 0.1) is 12.8 Å². The van der Waals surface area contributed by atoms with Gasteiger partial charge in [-0.1, -0.05) is 12.1 Å². The summed E-state index contributed by atoms with van der Waals surface area (Å²) < 4.78 is 17.3. The van der Waals surface area contributed by atoms with Gasteiger partial charge in [-0.25, -0.2) is 4.99 Å². The summed E-state index contributed by atoms with van der Waals surface area (Å²) in [5, 5.41) is 6.99. The van der Waals surface area contributed by atoms with Crippen molar-refractivity contribution in [2.75, 3.05) is 52.6 Å². The van der Waals surface area contributed by atoms with Crippen LogP contribution in [-0.4, -0.2) is 75.6 Å². The number of nitrogens with zero attached hydrogens (tertiary/aromatic N) is 2. The average molecular weight is 561 g/mol. The summed E-state index contributed by atoms with van der Waals surface area (Å²) in [6.45, 7) is 15.8. The highest BCUT2D eigenvalue weighted by molar-refractivity contribution is 14.0. The van der Waals surface area contributed by atoms with Crippen molar-refractivity contribution >= 4 is 29.9 Å².